The first-order valence-electron chi connectivity index (χ1n) is 5.62. The Balaban J connectivity index is 2.31. The van der Waals surface area contributed by atoms with E-state index in [1.807, 2.05) is 30.5 Å². The largest absolute Gasteiger partial charge is 0.478 e. The first kappa shape index (κ1) is 13.4. The van der Waals surface area contributed by atoms with E-state index in [0.29, 0.717) is 17.2 Å². The lowest BCUT2D eigenvalue weighted by Gasteiger charge is -2.10. The lowest BCUT2D eigenvalue weighted by atomic mass is 10.2. The molecule has 1 aromatic carbocycles. The van der Waals surface area contributed by atoms with E-state index in [1.54, 1.807) is 24.8 Å². The van der Waals surface area contributed by atoms with Crippen LogP contribution >= 0.6 is 11.8 Å². The number of rotatable bonds is 4. The van der Waals surface area contributed by atoms with Crippen LogP contribution in [0.25, 0.3) is 0 Å². The molecule has 0 saturated carbocycles. The third-order valence-corrected chi connectivity index (χ3v) is 3.33. The predicted molar refractivity (Wildman–Crippen MR) is 74.2 cm³/mol. The maximum atomic E-state index is 10.8. The Hall–Kier alpha value is -2.01. The molecule has 0 fully saturated rings. The summed E-state index contributed by atoms with van der Waals surface area (Å²) >= 11 is 1.58. The van der Waals surface area contributed by atoms with Crippen molar-refractivity contribution in [2.75, 3.05) is 6.26 Å². The van der Waals surface area contributed by atoms with Crippen LogP contribution in [-0.2, 0) is 0 Å². The Bertz CT molecular complexity index is 613. The number of carboxylic acids is 1. The van der Waals surface area contributed by atoms with Crippen LogP contribution in [0.3, 0.4) is 0 Å². The Morgan fingerprint density at radius 3 is 2.74 bits per heavy atom. The number of carboxylic acid groups (broad SMARTS) is 1. The number of nitrogens with zero attached hydrogens (tertiary/aromatic N) is 1. The fourth-order valence-corrected chi connectivity index (χ4v) is 2.12. The van der Waals surface area contributed by atoms with Gasteiger partial charge < -0.3 is 9.84 Å². The van der Waals surface area contributed by atoms with Crippen molar-refractivity contribution in [3.8, 4) is 11.6 Å². The smallest absolute Gasteiger partial charge is 0.337 e. The van der Waals surface area contributed by atoms with Gasteiger partial charge in [0.1, 0.15) is 5.75 Å². The first-order chi connectivity index (χ1) is 9.11. The summed E-state index contributed by atoms with van der Waals surface area (Å²) in [4.78, 5) is 15.9. The van der Waals surface area contributed by atoms with E-state index in [1.165, 1.54) is 6.20 Å². The van der Waals surface area contributed by atoms with Crippen molar-refractivity contribution in [1.82, 2.24) is 4.98 Å². The minimum absolute atomic E-state index is 0.156. The number of aryl methyl sites for hydroxylation is 1. The van der Waals surface area contributed by atoms with Gasteiger partial charge in [-0.3, -0.25) is 0 Å². The minimum atomic E-state index is -0.994. The monoisotopic (exact) mass is 275 g/mol. The van der Waals surface area contributed by atoms with Gasteiger partial charge in [0.05, 0.1) is 5.56 Å². The predicted octanol–water partition coefficient (Wildman–Crippen LogP) is 3.60. The Labute approximate surface area is 115 Å². The second-order valence-electron chi connectivity index (χ2n) is 3.90. The molecule has 1 N–H and O–H groups in total. The molecular formula is C14H13NO3S. The molecular weight excluding hydrogens is 262 g/mol. The number of carbonyl (C=O) groups is 1. The fourth-order valence-electron chi connectivity index (χ4n) is 1.59. The zero-order valence-corrected chi connectivity index (χ0v) is 11.4. The van der Waals surface area contributed by atoms with E-state index in [4.69, 9.17) is 9.84 Å². The van der Waals surface area contributed by atoms with Gasteiger partial charge in [-0.05, 0) is 31.4 Å². The second-order valence-corrected chi connectivity index (χ2v) is 4.75. The minimum Gasteiger partial charge on any atom is -0.478 e. The van der Waals surface area contributed by atoms with Gasteiger partial charge in [0.2, 0.25) is 5.88 Å². The van der Waals surface area contributed by atoms with Gasteiger partial charge >= 0.3 is 5.97 Å². The Kier molecular flexibility index (Phi) is 4.06. The van der Waals surface area contributed by atoms with Crippen molar-refractivity contribution < 1.29 is 14.6 Å². The Morgan fingerprint density at radius 2 is 2.11 bits per heavy atom. The summed E-state index contributed by atoms with van der Waals surface area (Å²) in [6.45, 7) is 1.77. The van der Waals surface area contributed by atoms with Gasteiger partial charge in [0.15, 0.2) is 0 Å². The summed E-state index contributed by atoms with van der Waals surface area (Å²) in [6.07, 6.45) is 3.27. The quantitative estimate of drug-likeness (QED) is 0.864. The topological polar surface area (TPSA) is 59.4 Å². The van der Waals surface area contributed by atoms with Crippen molar-refractivity contribution in [3.05, 3.63) is 47.7 Å². The molecule has 4 nitrogen and oxygen atoms in total. The van der Waals surface area contributed by atoms with E-state index >= 15 is 0 Å². The molecule has 0 aliphatic heterocycles. The van der Waals surface area contributed by atoms with Gasteiger partial charge in [-0.25, -0.2) is 9.78 Å². The molecule has 5 heteroatoms. The number of pyridine rings is 1. The third kappa shape index (κ3) is 3.06. The molecule has 2 aromatic rings. The molecule has 0 saturated heterocycles. The van der Waals surface area contributed by atoms with E-state index in [0.717, 1.165) is 4.90 Å². The molecule has 0 amide bonds. The standard InChI is InChI=1S/C14H13NO3S/c1-9-7-10(14(16)17)8-15-13(9)18-11-5-3-4-6-12(11)19-2/h3-8H,1-2H3,(H,16,17). The highest BCUT2D eigenvalue weighted by Gasteiger charge is 2.10. The molecule has 0 unspecified atom stereocenters. The number of aromatic nitrogens is 1. The van der Waals surface area contributed by atoms with Crippen LogP contribution in [0.1, 0.15) is 15.9 Å². The summed E-state index contributed by atoms with van der Waals surface area (Å²) in [7, 11) is 0. The summed E-state index contributed by atoms with van der Waals surface area (Å²) in [5.41, 5.74) is 0.846. The second kappa shape index (κ2) is 5.75. The molecule has 0 spiro atoms. The van der Waals surface area contributed by atoms with E-state index in [2.05, 4.69) is 4.98 Å². The maximum Gasteiger partial charge on any atom is 0.337 e. The highest BCUT2D eigenvalue weighted by atomic mass is 32.2. The average molecular weight is 275 g/mol. The maximum absolute atomic E-state index is 10.8. The molecule has 1 heterocycles. The van der Waals surface area contributed by atoms with Gasteiger partial charge in [0.25, 0.3) is 0 Å². The lowest BCUT2D eigenvalue weighted by molar-refractivity contribution is 0.0696. The van der Waals surface area contributed by atoms with Crippen molar-refractivity contribution in [2.24, 2.45) is 0 Å². The van der Waals surface area contributed by atoms with E-state index in [-0.39, 0.29) is 5.56 Å². The van der Waals surface area contributed by atoms with Crippen LogP contribution in [0.4, 0.5) is 0 Å². The zero-order valence-electron chi connectivity index (χ0n) is 10.6. The van der Waals surface area contributed by atoms with Crippen LogP contribution in [-0.4, -0.2) is 22.3 Å². The molecule has 19 heavy (non-hydrogen) atoms. The average Bonchev–Trinajstić information content (AvgIpc) is 2.41. The number of hydrogen-bond donors (Lipinski definition) is 1. The van der Waals surface area contributed by atoms with Crippen molar-refractivity contribution in [2.45, 2.75) is 11.8 Å². The van der Waals surface area contributed by atoms with Crippen molar-refractivity contribution in [1.29, 1.82) is 0 Å². The number of hydrogen-bond acceptors (Lipinski definition) is 4. The van der Waals surface area contributed by atoms with Gasteiger partial charge in [-0.1, -0.05) is 12.1 Å². The lowest BCUT2D eigenvalue weighted by Crippen LogP contribution is -2.00. The number of benzene rings is 1. The summed E-state index contributed by atoms with van der Waals surface area (Å²) in [5, 5.41) is 8.89. The SMILES string of the molecule is CSc1ccccc1Oc1ncc(C(=O)O)cc1C. The first-order valence-corrected chi connectivity index (χ1v) is 6.85. The summed E-state index contributed by atoms with van der Waals surface area (Å²) in [6, 6.07) is 9.19. The Morgan fingerprint density at radius 1 is 1.37 bits per heavy atom. The van der Waals surface area contributed by atoms with Crippen LogP contribution in [0.15, 0.2) is 41.4 Å². The molecule has 98 valence electrons. The molecule has 1 aromatic heterocycles. The molecule has 0 bridgehead atoms. The van der Waals surface area contributed by atoms with E-state index < -0.39 is 5.97 Å². The molecule has 0 aliphatic carbocycles. The molecule has 0 atom stereocenters. The van der Waals surface area contributed by atoms with Crippen LogP contribution in [0.5, 0.6) is 11.6 Å². The van der Waals surface area contributed by atoms with E-state index in [9.17, 15) is 4.79 Å². The molecule has 2 rings (SSSR count). The van der Waals surface area contributed by atoms with Crippen molar-refractivity contribution >= 4 is 17.7 Å². The van der Waals surface area contributed by atoms with Gasteiger partial charge in [-0.2, -0.15) is 0 Å². The molecule has 0 aliphatic rings. The van der Waals surface area contributed by atoms with Crippen LogP contribution in [0.2, 0.25) is 0 Å². The molecule has 0 radical (unpaired) electrons. The summed E-state index contributed by atoms with van der Waals surface area (Å²) in [5.74, 6) is 0.145. The number of ether oxygens (including phenoxy) is 1. The van der Waals surface area contributed by atoms with Crippen LogP contribution < -0.4 is 4.74 Å². The zero-order chi connectivity index (χ0) is 13.8. The number of thioether (sulfide) groups is 1. The van der Waals surface area contributed by atoms with Gasteiger partial charge in [0, 0.05) is 16.7 Å². The van der Waals surface area contributed by atoms with Gasteiger partial charge in [-0.15, -0.1) is 11.8 Å². The number of aromatic carboxylic acids is 1. The third-order valence-electron chi connectivity index (χ3n) is 2.55. The highest BCUT2D eigenvalue weighted by molar-refractivity contribution is 7.98. The fraction of sp³-hybridized carbons (Fsp3) is 0.143. The van der Waals surface area contributed by atoms with Crippen molar-refractivity contribution in [3.63, 3.8) is 0 Å². The number of para-hydroxylation sites is 1. The summed E-state index contributed by atoms with van der Waals surface area (Å²) < 4.78 is 5.74. The van der Waals surface area contributed by atoms with Crippen LogP contribution in [0, 0.1) is 6.92 Å². The highest BCUT2D eigenvalue weighted by Crippen LogP contribution is 2.31. The normalized spacial score (nSPS) is 10.2.